The molecule has 0 bridgehead atoms. The number of thioether (sulfide) groups is 1. The molecule has 0 aliphatic heterocycles. The molecule has 4 rings (SSSR count). The molecule has 7 heteroatoms. The fraction of sp³-hybridized carbons (Fsp3) is 0.611. The number of hydrogen-bond acceptors (Lipinski definition) is 6. The van der Waals surface area contributed by atoms with Crippen LogP contribution in [0.5, 0.6) is 0 Å². The summed E-state index contributed by atoms with van der Waals surface area (Å²) in [5.74, 6) is 0.289. The molecule has 134 valence electrons. The molecule has 1 saturated carbocycles. The standard InChI is InChI=1S/C18H22N2O3S2/c1-23-10-9-20-17(22)15-11-5-4-8-13(11)24-16(15)19-18(20)25-14-7-3-2-6-12(14)21/h14H,2-10H2,1H3/t14-/m1/s1. The van der Waals surface area contributed by atoms with Crippen LogP contribution in [0.4, 0.5) is 0 Å². The Morgan fingerprint density at radius 3 is 2.92 bits per heavy atom. The van der Waals surface area contributed by atoms with Gasteiger partial charge in [-0.3, -0.25) is 14.2 Å². The molecular weight excluding hydrogens is 356 g/mol. The Morgan fingerprint density at radius 1 is 1.24 bits per heavy atom. The van der Waals surface area contributed by atoms with Gasteiger partial charge in [0.2, 0.25) is 0 Å². The first kappa shape index (κ1) is 17.2. The summed E-state index contributed by atoms with van der Waals surface area (Å²) in [6.45, 7) is 0.942. The minimum atomic E-state index is -0.0706. The van der Waals surface area contributed by atoms with Crippen LogP contribution in [0.15, 0.2) is 9.95 Å². The zero-order valence-electron chi connectivity index (χ0n) is 14.4. The first-order valence-electron chi connectivity index (χ1n) is 8.92. The highest BCUT2D eigenvalue weighted by atomic mass is 32.2. The lowest BCUT2D eigenvalue weighted by Gasteiger charge is -2.21. The molecule has 0 saturated heterocycles. The molecule has 2 aromatic rings. The monoisotopic (exact) mass is 378 g/mol. The Bertz CT molecular complexity index is 871. The van der Waals surface area contributed by atoms with Gasteiger partial charge in [-0.1, -0.05) is 18.2 Å². The predicted molar refractivity (Wildman–Crippen MR) is 101 cm³/mol. The van der Waals surface area contributed by atoms with E-state index in [0.717, 1.165) is 48.7 Å². The Morgan fingerprint density at radius 2 is 2.12 bits per heavy atom. The maximum Gasteiger partial charge on any atom is 0.263 e. The van der Waals surface area contributed by atoms with Crippen molar-refractivity contribution in [3.63, 3.8) is 0 Å². The molecule has 2 aliphatic rings. The van der Waals surface area contributed by atoms with E-state index in [0.29, 0.717) is 24.7 Å². The number of carbonyl (C=O) groups excluding carboxylic acids is 1. The van der Waals surface area contributed by atoms with Gasteiger partial charge in [0.05, 0.1) is 23.8 Å². The summed E-state index contributed by atoms with van der Waals surface area (Å²) < 4.78 is 6.92. The SMILES string of the molecule is COCCn1c(S[C@@H]2CCCCC2=O)nc2sc3c(c2c1=O)CCC3. The second-order valence-corrected chi connectivity index (χ2v) is 8.95. The lowest BCUT2D eigenvalue weighted by molar-refractivity contribution is -0.119. The molecule has 2 aliphatic carbocycles. The van der Waals surface area contributed by atoms with Gasteiger partial charge in [-0.25, -0.2) is 4.98 Å². The molecule has 0 aromatic carbocycles. The van der Waals surface area contributed by atoms with E-state index in [-0.39, 0.29) is 16.6 Å². The summed E-state index contributed by atoms with van der Waals surface area (Å²) >= 11 is 3.13. The number of rotatable bonds is 5. The van der Waals surface area contributed by atoms with Gasteiger partial charge in [0.15, 0.2) is 5.16 Å². The molecule has 0 unspecified atom stereocenters. The second kappa shape index (κ2) is 7.21. The number of thiophene rings is 1. The minimum Gasteiger partial charge on any atom is -0.383 e. The molecule has 25 heavy (non-hydrogen) atoms. The second-order valence-electron chi connectivity index (χ2n) is 6.70. The van der Waals surface area contributed by atoms with Crippen molar-refractivity contribution in [3.8, 4) is 0 Å². The van der Waals surface area contributed by atoms with Crippen molar-refractivity contribution in [2.75, 3.05) is 13.7 Å². The first-order chi connectivity index (χ1) is 12.2. The average Bonchev–Trinajstić information content (AvgIpc) is 3.17. The maximum atomic E-state index is 13.2. The normalized spacial score (nSPS) is 20.4. The summed E-state index contributed by atoms with van der Waals surface area (Å²) in [5.41, 5.74) is 1.24. The van der Waals surface area contributed by atoms with E-state index < -0.39 is 0 Å². The molecule has 0 amide bonds. The zero-order valence-corrected chi connectivity index (χ0v) is 16.0. The minimum absolute atomic E-state index is 0.0345. The predicted octanol–water partition coefficient (Wildman–Crippen LogP) is 3.20. The van der Waals surface area contributed by atoms with Gasteiger partial charge >= 0.3 is 0 Å². The van der Waals surface area contributed by atoms with Crippen molar-refractivity contribution >= 4 is 39.1 Å². The number of hydrogen-bond donors (Lipinski definition) is 0. The Balaban J connectivity index is 1.78. The summed E-state index contributed by atoms with van der Waals surface area (Å²) in [4.78, 5) is 32.4. The Hall–Kier alpha value is -1.18. The summed E-state index contributed by atoms with van der Waals surface area (Å²) in [6, 6.07) is 0. The smallest absolute Gasteiger partial charge is 0.263 e. The molecule has 5 nitrogen and oxygen atoms in total. The number of fused-ring (bicyclic) bond motifs is 3. The summed E-state index contributed by atoms with van der Waals surface area (Å²) in [5, 5.41) is 1.40. The van der Waals surface area contributed by atoms with E-state index in [9.17, 15) is 9.59 Å². The van der Waals surface area contributed by atoms with Crippen LogP contribution in [0.3, 0.4) is 0 Å². The van der Waals surface area contributed by atoms with Crippen LogP contribution in [0, 0.1) is 0 Å². The van der Waals surface area contributed by atoms with Crippen LogP contribution in [-0.2, 0) is 28.9 Å². The highest BCUT2D eigenvalue weighted by Crippen LogP contribution is 2.37. The fourth-order valence-electron chi connectivity index (χ4n) is 3.73. The number of aryl methyl sites for hydroxylation is 2. The molecule has 2 heterocycles. The largest absolute Gasteiger partial charge is 0.383 e. The topological polar surface area (TPSA) is 61.2 Å². The Labute approximate surface area is 154 Å². The van der Waals surface area contributed by atoms with Crippen LogP contribution < -0.4 is 5.56 Å². The third kappa shape index (κ3) is 3.17. The van der Waals surface area contributed by atoms with E-state index in [4.69, 9.17) is 9.72 Å². The van der Waals surface area contributed by atoms with Gasteiger partial charge < -0.3 is 4.74 Å². The van der Waals surface area contributed by atoms with Crippen molar-refractivity contribution in [2.45, 2.75) is 61.9 Å². The molecule has 0 N–H and O–H groups in total. The van der Waals surface area contributed by atoms with Crippen LogP contribution >= 0.6 is 23.1 Å². The molecule has 0 radical (unpaired) electrons. The fourth-order valence-corrected chi connectivity index (χ4v) is 6.27. The molecule has 0 spiro atoms. The number of aromatic nitrogens is 2. The van der Waals surface area contributed by atoms with Gasteiger partial charge in [0, 0.05) is 18.4 Å². The van der Waals surface area contributed by atoms with Crippen molar-refractivity contribution in [3.05, 3.63) is 20.8 Å². The van der Waals surface area contributed by atoms with Crippen molar-refractivity contribution in [1.29, 1.82) is 0 Å². The Kier molecular flexibility index (Phi) is 4.97. The highest BCUT2D eigenvalue weighted by molar-refractivity contribution is 8.00. The van der Waals surface area contributed by atoms with E-state index in [1.54, 1.807) is 23.0 Å². The van der Waals surface area contributed by atoms with Crippen LogP contribution in [-0.4, -0.2) is 34.3 Å². The first-order valence-corrected chi connectivity index (χ1v) is 10.6. The van der Waals surface area contributed by atoms with Crippen molar-refractivity contribution in [2.24, 2.45) is 0 Å². The van der Waals surface area contributed by atoms with Gasteiger partial charge in [-0.15, -0.1) is 11.3 Å². The third-order valence-corrected chi connectivity index (χ3v) is 7.55. The molecule has 1 fully saturated rings. The van der Waals surface area contributed by atoms with E-state index in [1.807, 2.05) is 0 Å². The lowest BCUT2D eigenvalue weighted by atomic mass is 9.99. The van der Waals surface area contributed by atoms with Crippen molar-refractivity contribution < 1.29 is 9.53 Å². The number of ketones is 1. The maximum absolute atomic E-state index is 13.2. The number of nitrogens with zero attached hydrogens (tertiary/aromatic N) is 2. The van der Waals surface area contributed by atoms with Gasteiger partial charge in [-0.05, 0) is 37.7 Å². The zero-order chi connectivity index (χ0) is 17.4. The third-order valence-electron chi connectivity index (χ3n) is 5.06. The lowest BCUT2D eigenvalue weighted by Crippen LogP contribution is -2.28. The van der Waals surface area contributed by atoms with E-state index in [1.165, 1.54) is 22.2 Å². The van der Waals surface area contributed by atoms with Gasteiger partial charge in [-0.2, -0.15) is 0 Å². The van der Waals surface area contributed by atoms with E-state index in [2.05, 4.69) is 0 Å². The number of ether oxygens (including phenoxy) is 1. The number of carbonyl (C=O) groups is 1. The van der Waals surface area contributed by atoms with Gasteiger partial charge in [0.1, 0.15) is 10.6 Å². The van der Waals surface area contributed by atoms with Crippen LogP contribution in [0.2, 0.25) is 0 Å². The summed E-state index contributed by atoms with van der Waals surface area (Å²) in [7, 11) is 1.64. The van der Waals surface area contributed by atoms with Crippen molar-refractivity contribution in [1.82, 2.24) is 9.55 Å². The van der Waals surface area contributed by atoms with E-state index >= 15 is 0 Å². The quantitative estimate of drug-likeness (QED) is 0.748. The number of methoxy groups -OCH3 is 1. The molecule has 2 aromatic heterocycles. The average molecular weight is 379 g/mol. The molecule has 1 atom stereocenters. The number of Topliss-reactive ketones (excluding diaryl/α,β-unsaturated/α-hetero) is 1. The highest BCUT2D eigenvalue weighted by Gasteiger charge is 2.27. The van der Waals surface area contributed by atoms with Gasteiger partial charge in [0.25, 0.3) is 5.56 Å². The summed E-state index contributed by atoms with van der Waals surface area (Å²) in [6.07, 6.45) is 6.74. The molecular formula is C18H22N2O3S2. The van der Waals surface area contributed by atoms with Crippen LogP contribution in [0.25, 0.3) is 10.2 Å². The van der Waals surface area contributed by atoms with Crippen LogP contribution in [0.1, 0.15) is 42.5 Å².